The highest BCUT2D eigenvalue weighted by Gasteiger charge is 2.29. The van der Waals surface area contributed by atoms with Gasteiger partial charge in [-0.05, 0) is 24.1 Å². The lowest BCUT2D eigenvalue weighted by atomic mass is 9.87. The summed E-state index contributed by atoms with van der Waals surface area (Å²) in [5.74, 6) is 0.334. The molecule has 3 nitrogen and oxygen atoms in total. The van der Waals surface area contributed by atoms with E-state index in [2.05, 4.69) is 11.4 Å². The van der Waals surface area contributed by atoms with Crippen LogP contribution in [0.3, 0.4) is 0 Å². The molecule has 0 fully saturated rings. The molecule has 2 aromatic carbocycles. The molecule has 0 unspecified atom stereocenters. The Bertz CT molecular complexity index is 868. The highest BCUT2D eigenvalue weighted by atomic mass is 35.5. The molecule has 0 aliphatic carbocycles. The number of thioether (sulfide) groups is 1. The van der Waals surface area contributed by atoms with Gasteiger partial charge in [0.05, 0.1) is 16.7 Å². The second kappa shape index (κ2) is 7.77. The maximum absolute atomic E-state index is 12.2. The zero-order valence-electron chi connectivity index (χ0n) is 13.8. The Morgan fingerprint density at radius 2 is 1.96 bits per heavy atom. The molecular weight excluding hydrogens is 352 g/mol. The van der Waals surface area contributed by atoms with Crippen LogP contribution in [0.15, 0.2) is 59.1 Å². The Hall–Kier alpha value is -2.22. The van der Waals surface area contributed by atoms with Gasteiger partial charge in [-0.25, -0.2) is 0 Å². The Morgan fingerprint density at radius 1 is 1.24 bits per heavy atom. The van der Waals surface area contributed by atoms with Gasteiger partial charge in [-0.2, -0.15) is 5.26 Å². The highest BCUT2D eigenvalue weighted by molar-refractivity contribution is 8.02. The maximum Gasteiger partial charge on any atom is 0.225 e. The van der Waals surface area contributed by atoms with Crippen LogP contribution in [0.25, 0.3) is 0 Å². The van der Waals surface area contributed by atoms with E-state index in [4.69, 9.17) is 11.6 Å². The number of aryl methyl sites for hydroxylation is 1. The molecule has 2 aromatic rings. The van der Waals surface area contributed by atoms with Crippen LogP contribution in [0, 0.1) is 18.3 Å². The van der Waals surface area contributed by atoms with E-state index in [0.29, 0.717) is 27.8 Å². The van der Waals surface area contributed by atoms with Gasteiger partial charge in [-0.15, -0.1) is 11.8 Å². The molecule has 0 radical (unpaired) electrons. The molecule has 1 atom stereocenters. The lowest BCUT2D eigenvalue weighted by Crippen LogP contribution is -2.30. The van der Waals surface area contributed by atoms with E-state index in [0.717, 1.165) is 16.7 Å². The fraction of sp³-hybridized carbons (Fsp3) is 0.200. The van der Waals surface area contributed by atoms with Crippen molar-refractivity contribution < 1.29 is 4.79 Å². The number of benzene rings is 2. The standard InChI is InChI=1S/C20H17ClN2OS/c1-13-6-8-14(9-7-13)16-10-19(24)23-20(17(16)11-22)25-12-15-4-2-3-5-18(15)21/h2-9,16H,10,12H2,1H3,(H,23,24)/t16-/m1/s1. The van der Waals surface area contributed by atoms with Crippen molar-refractivity contribution in [2.45, 2.75) is 25.0 Å². The molecule has 0 spiro atoms. The zero-order chi connectivity index (χ0) is 17.8. The van der Waals surface area contributed by atoms with E-state index in [1.807, 2.05) is 55.5 Å². The highest BCUT2D eigenvalue weighted by Crippen LogP contribution is 2.37. The number of hydrogen-bond donors (Lipinski definition) is 1. The van der Waals surface area contributed by atoms with Crippen molar-refractivity contribution in [1.82, 2.24) is 5.32 Å². The van der Waals surface area contributed by atoms with Gasteiger partial charge in [-0.1, -0.05) is 59.6 Å². The largest absolute Gasteiger partial charge is 0.320 e. The molecule has 126 valence electrons. The lowest BCUT2D eigenvalue weighted by Gasteiger charge is -2.25. The van der Waals surface area contributed by atoms with Crippen LogP contribution >= 0.6 is 23.4 Å². The number of amides is 1. The number of nitrogens with zero attached hydrogens (tertiary/aromatic N) is 1. The summed E-state index contributed by atoms with van der Waals surface area (Å²) >= 11 is 7.64. The topological polar surface area (TPSA) is 52.9 Å². The van der Waals surface area contributed by atoms with Crippen LogP contribution in [-0.4, -0.2) is 5.91 Å². The Balaban J connectivity index is 1.89. The molecule has 0 aromatic heterocycles. The number of nitrogens with one attached hydrogen (secondary N) is 1. The molecule has 1 amide bonds. The van der Waals surface area contributed by atoms with Crippen LogP contribution < -0.4 is 5.32 Å². The first-order valence-electron chi connectivity index (χ1n) is 7.95. The minimum absolute atomic E-state index is 0.0637. The molecule has 0 bridgehead atoms. The minimum Gasteiger partial charge on any atom is -0.320 e. The first kappa shape index (κ1) is 17.6. The predicted octanol–water partition coefficient (Wildman–Crippen LogP) is 4.92. The van der Waals surface area contributed by atoms with Crippen LogP contribution in [0.2, 0.25) is 5.02 Å². The second-order valence-corrected chi connectivity index (χ2v) is 7.34. The number of carbonyl (C=O) groups is 1. The number of hydrogen-bond acceptors (Lipinski definition) is 3. The summed E-state index contributed by atoms with van der Waals surface area (Å²) < 4.78 is 0. The Morgan fingerprint density at radius 3 is 2.64 bits per heavy atom. The molecule has 1 aliphatic heterocycles. The molecule has 1 heterocycles. The number of allylic oxidation sites excluding steroid dienone is 1. The number of nitriles is 1. The van der Waals surface area contributed by atoms with Gasteiger partial charge in [0.15, 0.2) is 0 Å². The van der Waals surface area contributed by atoms with Crippen LogP contribution in [0.5, 0.6) is 0 Å². The van der Waals surface area contributed by atoms with Crippen LogP contribution in [-0.2, 0) is 10.5 Å². The fourth-order valence-corrected chi connectivity index (χ4v) is 4.14. The lowest BCUT2D eigenvalue weighted by molar-refractivity contribution is -0.120. The van der Waals surface area contributed by atoms with E-state index in [-0.39, 0.29) is 11.8 Å². The number of carbonyl (C=O) groups excluding carboxylic acids is 1. The van der Waals surface area contributed by atoms with Gasteiger partial charge in [0, 0.05) is 23.1 Å². The monoisotopic (exact) mass is 368 g/mol. The summed E-state index contributed by atoms with van der Waals surface area (Å²) in [5.41, 5.74) is 3.74. The molecule has 0 saturated carbocycles. The summed E-state index contributed by atoms with van der Waals surface area (Å²) in [6.07, 6.45) is 0.294. The number of rotatable bonds is 4. The molecule has 5 heteroatoms. The SMILES string of the molecule is Cc1ccc([C@H]2CC(=O)NC(SCc3ccccc3Cl)=C2C#N)cc1. The average molecular weight is 369 g/mol. The Labute approximate surface area is 156 Å². The third-order valence-electron chi connectivity index (χ3n) is 4.17. The molecule has 1 N–H and O–H groups in total. The van der Waals surface area contributed by atoms with Gasteiger partial charge in [-0.3, -0.25) is 4.79 Å². The first-order valence-corrected chi connectivity index (χ1v) is 9.31. The first-order chi connectivity index (χ1) is 12.1. The van der Waals surface area contributed by atoms with Gasteiger partial charge in [0.2, 0.25) is 5.91 Å². The predicted molar refractivity (Wildman–Crippen MR) is 102 cm³/mol. The molecule has 25 heavy (non-hydrogen) atoms. The van der Waals surface area contributed by atoms with E-state index in [1.165, 1.54) is 11.8 Å². The van der Waals surface area contributed by atoms with E-state index >= 15 is 0 Å². The van der Waals surface area contributed by atoms with Crippen molar-refractivity contribution in [3.63, 3.8) is 0 Å². The molecular formula is C20H17ClN2OS. The number of halogens is 1. The van der Waals surface area contributed by atoms with Gasteiger partial charge in [0.25, 0.3) is 0 Å². The van der Waals surface area contributed by atoms with Crippen molar-refractivity contribution >= 4 is 29.3 Å². The normalized spacial score (nSPS) is 17.2. The minimum atomic E-state index is -0.201. The molecule has 3 rings (SSSR count). The van der Waals surface area contributed by atoms with E-state index in [1.54, 1.807) is 0 Å². The average Bonchev–Trinajstić information content (AvgIpc) is 2.61. The third kappa shape index (κ3) is 4.07. The van der Waals surface area contributed by atoms with E-state index < -0.39 is 0 Å². The Kier molecular flexibility index (Phi) is 5.47. The fourth-order valence-electron chi connectivity index (χ4n) is 2.78. The van der Waals surface area contributed by atoms with E-state index in [9.17, 15) is 10.1 Å². The van der Waals surface area contributed by atoms with Gasteiger partial charge in [0.1, 0.15) is 0 Å². The van der Waals surface area contributed by atoms with Crippen molar-refractivity contribution in [3.8, 4) is 6.07 Å². The quantitative estimate of drug-likeness (QED) is 0.833. The van der Waals surface area contributed by atoms with Gasteiger partial charge >= 0.3 is 0 Å². The molecule has 1 aliphatic rings. The summed E-state index contributed by atoms with van der Waals surface area (Å²) in [6, 6.07) is 17.9. The van der Waals surface area contributed by atoms with Crippen molar-refractivity contribution in [2.24, 2.45) is 0 Å². The molecule has 0 saturated heterocycles. The summed E-state index contributed by atoms with van der Waals surface area (Å²) in [6.45, 7) is 2.02. The smallest absolute Gasteiger partial charge is 0.225 e. The summed E-state index contributed by atoms with van der Waals surface area (Å²) in [7, 11) is 0. The summed E-state index contributed by atoms with van der Waals surface area (Å²) in [5, 5.41) is 13.9. The van der Waals surface area contributed by atoms with Crippen LogP contribution in [0.1, 0.15) is 29.0 Å². The van der Waals surface area contributed by atoms with Crippen LogP contribution in [0.4, 0.5) is 0 Å². The third-order valence-corrected chi connectivity index (χ3v) is 5.60. The second-order valence-electron chi connectivity index (χ2n) is 5.95. The van der Waals surface area contributed by atoms with Gasteiger partial charge < -0.3 is 5.32 Å². The van der Waals surface area contributed by atoms with Crippen molar-refractivity contribution in [1.29, 1.82) is 5.26 Å². The zero-order valence-corrected chi connectivity index (χ0v) is 15.3. The van der Waals surface area contributed by atoms with Crippen molar-refractivity contribution in [2.75, 3.05) is 0 Å². The summed E-state index contributed by atoms with van der Waals surface area (Å²) in [4.78, 5) is 12.2. The van der Waals surface area contributed by atoms with Crippen molar-refractivity contribution in [3.05, 3.63) is 80.8 Å². The maximum atomic E-state index is 12.2.